The summed E-state index contributed by atoms with van der Waals surface area (Å²) in [5.41, 5.74) is 0.346. The summed E-state index contributed by atoms with van der Waals surface area (Å²) >= 11 is 12.2. The second-order valence-corrected chi connectivity index (χ2v) is 7.78. The largest absolute Gasteiger partial charge is 0.396 e. The maximum atomic E-state index is 13.3. The van der Waals surface area contributed by atoms with Gasteiger partial charge in [-0.05, 0) is 37.0 Å². The average Bonchev–Trinajstić information content (AvgIpc) is 3.07. The molecule has 3 rings (SSSR count). The summed E-state index contributed by atoms with van der Waals surface area (Å²) in [6.07, 6.45) is 3.55. The van der Waals surface area contributed by atoms with Crippen LogP contribution in [0.4, 0.5) is 0 Å². The fraction of sp³-hybridized carbons (Fsp3) is 0.611. The molecule has 1 aromatic rings. The molecule has 24 heavy (non-hydrogen) atoms. The van der Waals surface area contributed by atoms with Crippen molar-refractivity contribution in [3.8, 4) is 0 Å². The number of benzene rings is 1. The Bertz CT molecular complexity index is 616. The van der Waals surface area contributed by atoms with E-state index in [0.29, 0.717) is 23.0 Å². The maximum absolute atomic E-state index is 13.3. The average molecular weight is 372 g/mol. The molecule has 1 heterocycles. The number of piperidine rings is 1. The summed E-state index contributed by atoms with van der Waals surface area (Å²) < 4.78 is 0. The highest BCUT2D eigenvalue weighted by Gasteiger charge is 2.46. The highest BCUT2D eigenvalue weighted by atomic mass is 35.5. The monoisotopic (exact) mass is 371 g/mol. The van der Waals surface area contributed by atoms with E-state index in [9.17, 15) is 15.0 Å². The van der Waals surface area contributed by atoms with Gasteiger partial charge in [0.25, 0.3) is 0 Å². The van der Waals surface area contributed by atoms with E-state index in [4.69, 9.17) is 23.2 Å². The van der Waals surface area contributed by atoms with Crippen molar-refractivity contribution in [1.29, 1.82) is 0 Å². The van der Waals surface area contributed by atoms with Crippen molar-refractivity contribution >= 4 is 29.1 Å². The molecule has 0 spiro atoms. The summed E-state index contributed by atoms with van der Waals surface area (Å²) in [7, 11) is 0. The highest BCUT2D eigenvalue weighted by molar-refractivity contribution is 6.42. The minimum Gasteiger partial charge on any atom is -0.396 e. The molecular weight excluding hydrogens is 349 g/mol. The Labute approximate surface area is 152 Å². The fourth-order valence-corrected chi connectivity index (χ4v) is 4.38. The number of halogens is 2. The Hall–Kier alpha value is -0.810. The first-order valence-electron chi connectivity index (χ1n) is 8.52. The van der Waals surface area contributed by atoms with E-state index in [1.54, 1.807) is 11.0 Å². The number of carbonyl (C=O) groups excluding carboxylic acids is 1. The molecule has 2 aliphatic rings. The Morgan fingerprint density at radius 3 is 2.54 bits per heavy atom. The predicted octanol–water partition coefficient (Wildman–Crippen LogP) is 3.01. The van der Waals surface area contributed by atoms with Crippen molar-refractivity contribution in [2.24, 2.45) is 5.92 Å². The Morgan fingerprint density at radius 1 is 1.25 bits per heavy atom. The lowest BCUT2D eigenvalue weighted by Crippen LogP contribution is -2.53. The van der Waals surface area contributed by atoms with E-state index in [0.717, 1.165) is 31.2 Å². The van der Waals surface area contributed by atoms with Crippen LogP contribution in [-0.2, 0) is 10.2 Å². The van der Waals surface area contributed by atoms with Gasteiger partial charge in [0.05, 0.1) is 21.6 Å². The van der Waals surface area contributed by atoms with Crippen LogP contribution in [0.15, 0.2) is 18.2 Å². The van der Waals surface area contributed by atoms with Crippen LogP contribution in [0.25, 0.3) is 0 Å². The molecule has 2 fully saturated rings. The lowest BCUT2D eigenvalue weighted by Gasteiger charge is -2.40. The van der Waals surface area contributed by atoms with Gasteiger partial charge in [-0.2, -0.15) is 0 Å². The van der Waals surface area contributed by atoms with Crippen molar-refractivity contribution in [1.82, 2.24) is 4.90 Å². The minimum absolute atomic E-state index is 0.0405. The summed E-state index contributed by atoms with van der Waals surface area (Å²) in [5.74, 6) is -0.0765. The van der Waals surface area contributed by atoms with Gasteiger partial charge in [-0.15, -0.1) is 0 Å². The second kappa shape index (κ2) is 7.20. The van der Waals surface area contributed by atoms with Crippen LogP contribution in [0, 0.1) is 5.92 Å². The van der Waals surface area contributed by atoms with E-state index in [1.807, 2.05) is 12.1 Å². The Kier molecular flexibility index (Phi) is 5.40. The third-order valence-corrected chi connectivity index (χ3v) is 6.32. The van der Waals surface area contributed by atoms with Gasteiger partial charge in [0.1, 0.15) is 0 Å². The molecule has 1 saturated heterocycles. The number of β-amino-alcohol motifs (C(OH)–C–C–N with tert-alkyl or cyclic N) is 1. The summed E-state index contributed by atoms with van der Waals surface area (Å²) in [6, 6.07) is 5.46. The van der Waals surface area contributed by atoms with Crippen LogP contribution < -0.4 is 0 Å². The smallest absolute Gasteiger partial charge is 0.233 e. The number of carbonyl (C=O) groups is 1. The molecule has 0 aromatic heterocycles. The van der Waals surface area contributed by atoms with Crippen molar-refractivity contribution in [2.45, 2.75) is 43.6 Å². The maximum Gasteiger partial charge on any atom is 0.233 e. The van der Waals surface area contributed by atoms with E-state index in [1.165, 1.54) is 0 Å². The molecular formula is C18H23Cl2NO3. The first-order valence-corrected chi connectivity index (χ1v) is 9.27. The number of rotatable bonds is 3. The quantitative estimate of drug-likeness (QED) is 0.858. The van der Waals surface area contributed by atoms with Crippen molar-refractivity contribution in [3.63, 3.8) is 0 Å². The number of aliphatic hydroxyl groups is 2. The predicted molar refractivity (Wildman–Crippen MR) is 94.4 cm³/mol. The molecule has 4 nitrogen and oxygen atoms in total. The zero-order chi connectivity index (χ0) is 17.3. The van der Waals surface area contributed by atoms with Gasteiger partial charge >= 0.3 is 0 Å². The number of likely N-dealkylation sites (tertiary alicyclic amines) is 1. The van der Waals surface area contributed by atoms with Crippen LogP contribution in [-0.4, -0.2) is 46.8 Å². The third-order valence-electron chi connectivity index (χ3n) is 5.58. The van der Waals surface area contributed by atoms with Crippen LogP contribution in [0.2, 0.25) is 10.0 Å². The van der Waals surface area contributed by atoms with Crippen LogP contribution in [0.5, 0.6) is 0 Å². The molecule has 2 N–H and O–H groups in total. The van der Waals surface area contributed by atoms with Crippen LogP contribution in [0.3, 0.4) is 0 Å². The number of hydrogen-bond donors (Lipinski definition) is 2. The van der Waals surface area contributed by atoms with E-state index in [-0.39, 0.29) is 25.0 Å². The lowest BCUT2D eigenvalue weighted by atomic mass is 9.77. The van der Waals surface area contributed by atoms with E-state index >= 15 is 0 Å². The van der Waals surface area contributed by atoms with Gasteiger partial charge in [0.2, 0.25) is 5.91 Å². The molecule has 0 bridgehead atoms. The van der Waals surface area contributed by atoms with Gasteiger partial charge in [-0.25, -0.2) is 0 Å². The van der Waals surface area contributed by atoms with Crippen LogP contribution in [0.1, 0.15) is 37.7 Å². The van der Waals surface area contributed by atoms with Crippen molar-refractivity contribution in [3.05, 3.63) is 33.8 Å². The Morgan fingerprint density at radius 2 is 1.96 bits per heavy atom. The molecule has 1 aliphatic heterocycles. The summed E-state index contributed by atoms with van der Waals surface area (Å²) in [5, 5.41) is 20.4. The molecule has 132 valence electrons. The first-order chi connectivity index (χ1) is 11.5. The third kappa shape index (κ3) is 3.17. The zero-order valence-corrected chi connectivity index (χ0v) is 15.1. The van der Waals surface area contributed by atoms with Gasteiger partial charge in [0, 0.05) is 25.6 Å². The van der Waals surface area contributed by atoms with Gasteiger partial charge < -0.3 is 15.1 Å². The fourth-order valence-electron chi connectivity index (χ4n) is 4.08. The SMILES string of the molecule is O=C(N1CC[C@H](CO)[C@H](O)C1)C1(c2ccc(Cl)c(Cl)c2)CCCC1. The molecule has 1 amide bonds. The number of hydrogen-bond acceptors (Lipinski definition) is 3. The minimum atomic E-state index is -0.667. The molecule has 1 saturated carbocycles. The van der Waals surface area contributed by atoms with Gasteiger partial charge in [0.15, 0.2) is 0 Å². The second-order valence-electron chi connectivity index (χ2n) is 6.97. The molecule has 1 aliphatic carbocycles. The molecule has 2 atom stereocenters. The molecule has 0 unspecified atom stereocenters. The number of amides is 1. The van der Waals surface area contributed by atoms with Gasteiger partial charge in [-0.3, -0.25) is 4.79 Å². The first kappa shape index (κ1) is 18.0. The van der Waals surface area contributed by atoms with Crippen LogP contribution >= 0.6 is 23.2 Å². The van der Waals surface area contributed by atoms with Crippen molar-refractivity contribution in [2.75, 3.05) is 19.7 Å². The topological polar surface area (TPSA) is 60.8 Å². The molecule has 1 aromatic carbocycles. The Balaban J connectivity index is 1.88. The summed E-state index contributed by atoms with van der Waals surface area (Å²) in [6.45, 7) is 0.818. The summed E-state index contributed by atoms with van der Waals surface area (Å²) in [4.78, 5) is 15.1. The standard InChI is InChI=1S/C18H23Cl2NO3/c19-14-4-3-13(9-15(14)20)18(6-1-2-7-18)17(24)21-8-5-12(11-22)16(23)10-21/h3-4,9,12,16,22-23H,1-2,5-8,10-11H2/t12-,16-/m1/s1. The van der Waals surface area contributed by atoms with E-state index in [2.05, 4.69) is 0 Å². The van der Waals surface area contributed by atoms with E-state index < -0.39 is 11.5 Å². The zero-order valence-electron chi connectivity index (χ0n) is 13.5. The molecule has 6 heteroatoms. The van der Waals surface area contributed by atoms with Crippen molar-refractivity contribution < 1.29 is 15.0 Å². The van der Waals surface area contributed by atoms with Gasteiger partial charge in [-0.1, -0.05) is 42.1 Å². The normalized spacial score (nSPS) is 26.6. The lowest BCUT2D eigenvalue weighted by molar-refractivity contribution is -0.142. The highest BCUT2D eigenvalue weighted by Crippen LogP contribution is 2.44. The molecule has 0 radical (unpaired) electrons. The number of nitrogens with zero attached hydrogens (tertiary/aromatic N) is 1. The number of aliphatic hydroxyl groups excluding tert-OH is 2.